The van der Waals surface area contributed by atoms with Gasteiger partial charge in [-0.2, -0.15) is 9.97 Å². The van der Waals surface area contributed by atoms with Gasteiger partial charge in [-0.15, -0.1) is 0 Å². The summed E-state index contributed by atoms with van der Waals surface area (Å²) >= 11 is 5.99. The van der Waals surface area contributed by atoms with Gasteiger partial charge in [-0.25, -0.2) is 19.9 Å². The van der Waals surface area contributed by atoms with Crippen LogP contribution in [0.3, 0.4) is 0 Å². The molecule has 1 saturated heterocycles. The van der Waals surface area contributed by atoms with Crippen LogP contribution in [-0.2, 0) is 9.31 Å². The van der Waals surface area contributed by atoms with Crippen molar-refractivity contribution in [3.05, 3.63) is 309 Å². The first kappa shape index (κ1) is 60.8. The standard InChI is InChI=1S/C39H25N3O.C30H27BO3.C15H10ClN3/c1-5-13-26(14-6-1)31-23-33(27-15-7-2-8-16-27)36-34(24-31)32-22-21-30(25-35(32)43-36)39-41-37(28-17-9-3-10-18-28)40-38(42-39)29-19-11-4-12-20-29;1-29(2)30(3,4)34-31(33-29)23-15-16-24-26-18-22(20-11-7-5-8-12-20)17-25(21-13-9-6-10-14-21)28(26)32-27(24)19-23;16-15-18-13(11-7-3-1-4-8-11)17-14(19-15)12-9-5-2-6-10-12/h1-25H;5-19H,1-4H3;1-10H. The first-order valence-electron chi connectivity index (χ1n) is 31.9. The third-order valence-electron chi connectivity index (χ3n) is 17.7. The van der Waals surface area contributed by atoms with Gasteiger partial charge in [0.2, 0.25) is 5.28 Å². The predicted octanol–water partition coefficient (Wildman–Crippen LogP) is 21.2. The van der Waals surface area contributed by atoms with Crippen LogP contribution < -0.4 is 5.46 Å². The minimum atomic E-state index is -0.420. The number of nitrogens with zero attached hydrogens (tertiary/aromatic N) is 6. The monoisotopic (exact) mass is 1260 g/mol. The molecule has 12 heteroatoms. The Balaban J connectivity index is 0.000000127. The molecular formula is C84H62BClN6O4. The maximum absolute atomic E-state index is 6.65. The van der Waals surface area contributed by atoms with E-state index in [2.05, 4.69) is 194 Å². The van der Waals surface area contributed by atoms with Crippen molar-refractivity contribution in [1.29, 1.82) is 0 Å². The molecule has 5 heterocycles. The second-order valence-corrected chi connectivity index (χ2v) is 24.9. The fraction of sp³-hybridized carbons (Fsp3) is 0.0714. The maximum Gasteiger partial charge on any atom is 0.494 e. The molecule has 462 valence electrons. The highest BCUT2D eigenvalue weighted by Gasteiger charge is 2.51. The third kappa shape index (κ3) is 12.5. The highest BCUT2D eigenvalue weighted by atomic mass is 35.5. The molecule has 1 aliphatic heterocycles. The molecule has 0 saturated carbocycles. The van der Waals surface area contributed by atoms with Crippen molar-refractivity contribution in [2.75, 3.05) is 0 Å². The van der Waals surface area contributed by atoms with E-state index in [4.69, 9.17) is 44.7 Å². The molecule has 0 spiro atoms. The number of halogens is 1. The fourth-order valence-corrected chi connectivity index (χ4v) is 12.2. The van der Waals surface area contributed by atoms with E-state index in [1.165, 1.54) is 16.7 Å². The Labute approximate surface area is 561 Å². The van der Waals surface area contributed by atoms with Crippen LogP contribution in [0.2, 0.25) is 5.28 Å². The topological polar surface area (TPSA) is 122 Å². The van der Waals surface area contributed by atoms with Gasteiger partial charge < -0.3 is 18.1 Å². The van der Waals surface area contributed by atoms with Crippen LogP contribution in [0.1, 0.15) is 27.7 Å². The molecule has 0 amide bonds. The van der Waals surface area contributed by atoms with Crippen LogP contribution in [0.25, 0.3) is 145 Å². The lowest BCUT2D eigenvalue weighted by Gasteiger charge is -2.32. The molecule has 0 N–H and O–H groups in total. The number of furan rings is 2. The number of hydrogen-bond donors (Lipinski definition) is 0. The molecule has 0 bridgehead atoms. The van der Waals surface area contributed by atoms with Crippen molar-refractivity contribution < 1.29 is 18.1 Å². The van der Waals surface area contributed by atoms with E-state index in [0.29, 0.717) is 29.1 Å². The van der Waals surface area contributed by atoms with E-state index < -0.39 is 7.12 Å². The molecule has 17 rings (SSSR count). The highest BCUT2D eigenvalue weighted by Crippen LogP contribution is 2.43. The van der Waals surface area contributed by atoms with E-state index in [-0.39, 0.29) is 16.5 Å². The Hall–Kier alpha value is -11.5. The van der Waals surface area contributed by atoms with Crippen LogP contribution in [0, 0.1) is 0 Å². The number of rotatable bonds is 10. The molecule has 0 unspecified atom stereocenters. The molecule has 0 atom stereocenters. The van der Waals surface area contributed by atoms with Crippen molar-refractivity contribution in [2.24, 2.45) is 0 Å². The maximum atomic E-state index is 6.65. The minimum absolute atomic E-state index is 0.202. The zero-order valence-electron chi connectivity index (χ0n) is 53.1. The van der Waals surface area contributed by atoms with Crippen LogP contribution in [0.5, 0.6) is 0 Å². The molecule has 0 radical (unpaired) electrons. The summed E-state index contributed by atoms with van der Waals surface area (Å²) in [5, 5.41) is 4.52. The van der Waals surface area contributed by atoms with Gasteiger partial charge in [0.1, 0.15) is 22.3 Å². The highest BCUT2D eigenvalue weighted by molar-refractivity contribution is 6.62. The van der Waals surface area contributed by atoms with E-state index in [1.54, 1.807) is 0 Å². The Kier molecular flexibility index (Phi) is 16.5. The first-order valence-corrected chi connectivity index (χ1v) is 32.3. The largest absolute Gasteiger partial charge is 0.494 e. The Morgan fingerprint density at radius 3 is 0.938 bits per heavy atom. The number of fused-ring (bicyclic) bond motifs is 6. The molecule has 96 heavy (non-hydrogen) atoms. The van der Waals surface area contributed by atoms with Gasteiger partial charge in [0.05, 0.1) is 11.2 Å². The number of hydrogen-bond acceptors (Lipinski definition) is 10. The lowest BCUT2D eigenvalue weighted by molar-refractivity contribution is 0.00578. The molecular weight excluding hydrogens is 1200 g/mol. The van der Waals surface area contributed by atoms with E-state index >= 15 is 0 Å². The molecule has 0 aliphatic carbocycles. The fourth-order valence-electron chi connectivity index (χ4n) is 12.0. The average molecular weight is 1270 g/mol. The molecule has 1 fully saturated rings. The van der Waals surface area contributed by atoms with Crippen molar-refractivity contribution in [3.8, 4) is 101 Å². The second-order valence-electron chi connectivity index (χ2n) is 24.5. The van der Waals surface area contributed by atoms with Crippen LogP contribution in [0.4, 0.5) is 0 Å². The van der Waals surface area contributed by atoms with E-state index in [9.17, 15) is 0 Å². The Morgan fingerprint density at radius 2 is 0.573 bits per heavy atom. The van der Waals surface area contributed by atoms with Crippen LogP contribution in [-0.4, -0.2) is 48.2 Å². The number of aromatic nitrogens is 6. The van der Waals surface area contributed by atoms with Gasteiger partial charge >= 0.3 is 7.12 Å². The normalized spacial score (nSPS) is 13.1. The molecule has 4 aromatic heterocycles. The summed E-state index contributed by atoms with van der Waals surface area (Å²) in [5.74, 6) is 3.03. The number of benzene rings is 12. The Morgan fingerprint density at radius 1 is 0.271 bits per heavy atom. The quantitative estimate of drug-likeness (QED) is 0.122. The zero-order chi connectivity index (χ0) is 65.2. The SMILES string of the molecule is CC1(C)OB(c2ccc3c(c2)oc2c(-c4ccccc4)cc(-c4ccccc4)cc23)OC1(C)C.Clc1nc(-c2ccccc2)nc(-c2ccccc2)n1.c1ccc(-c2cc(-c3ccccc3)c3oc4cc(-c5nc(-c6ccccc6)nc(-c6ccccc6)n5)ccc4c3c2)cc1. The van der Waals surface area contributed by atoms with Crippen molar-refractivity contribution >= 4 is 68.1 Å². The van der Waals surface area contributed by atoms with Gasteiger partial charge in [-0.05, 0) is 121 Å². The van der Waals surface area contributed by atoms with Gasteiger partial charge in [0.15, 0.2) is 29.1 Å². The van der Waals surface area contributed by atoms with Crippen molar-refractivity contribution in [1.82, 2.24) is 29.9 Å². The third-order valence-corrected chi connectivity index (χ3v) is 17.9. The summed E-state index contributed by atoms with van der Waals surface area (Å²) < 4.78 is 25.7. The van der Waals surface area contributed by atoms with Gasteiger partial charge in [-0.1, -0.05) is 261 Å². The predicted molar refractivity (Wildman–Crippen MR) is 390 cm³/mol. The van der Waals surface area contributed by atoms with E-state index in [1.807, 2.05) is 152 Å². The minimum Gasteiger partial charge on any atom is -0.455 e. The lowest BCUT2D eigenvalue weighted by Crippen LogP contribution is -2.41. The lowest BCUT2D eigenvalue weighted by atomic mass is 9.79. The molecule has 12 aromatic carbocycles. The van der Waals surface area contributed by atoms with Crippen molar-refractivity contribution in [3.63, 3.8) is 0 Å². The molecule has 10 nitrogen and oxygen atoms in total. The van der Waals surface area contributed by atoms with Gasteiger partial charge in [-0.3, -0.25) is 0 Å². The Bertz CT molecular complexity index is 5290. The summed E-state index contributed by atoms with van der Waals surface area (Å²) in [5.41, 5.74) is 17.2. The molecule has 1 aliphatic rings. The summed E-state index contributed by atoms with van der Waals surface area (Å²) in [6.45, 7) is 8.29. The van der Waals surface area contributed by atoms with Crippen LogP contribution in [0.15, 0.2) is 312 Å². The smallest absolute Gasteiger partial charge is 0.455 e. The summed E-state index contributed by atoms with van der Waals surface area (Å²) in [6.07, 6.45) is 0. The summed E-state index contributed by atoms with van der Waals surface area (Å²) in [4.78, 5) is 27.5. The van der Waals surface area contributed by atoms with Gasteiger partial charge in [0.25, 0.3) is 0 Å². The van der Waals surface area contributed by atoms with Crippen LogP contribution >= 0.6 is 11.6 Å². The van der Waals surface area contributed by atoms with Gasteiger partial charge in [0, 0.05) is 60.5 Å². The molecule has 16 aromatic rings. The summed E-state index contributed by atoms with van der Waals surface area (Å²) in [7, 11) is -0.420. The zero-order valence-corrected chi connectivity index (χ0v) is 53.9. The summed E-state index contributed by atoms with van der Waals surface area (Å²) in [6, 6.07) is 103. The van der Waals surface area contributed by atoms with Crippen molar-refractivity contribution in [2.45, 2.75) is 38.9 Å². The first-order chi connectivity index (χ1) is 46.9. The second kappa shape index (κ2) is 26.1. The van der Waals surface area contributed by atoms with E-state index in [0.717, 1.165) is 105 Å². The average Bonchev–Trinajstić information content (AvgIpc) is 1.59.